The summed E-state index contributed by atoms with van der Waals surface area (Å²) in [7, 11) is 1.42. The lowest BCUT2D eigenvalue weighted by Gasteiger charge is -2.30. The molecule has 0 amide bonds. The molecule has 4 heteroatoms. The van der Waals surface area contributed by atoms with Crippen molar-refractivity contribution in [2.24, 2.45) is 5.92 Å². The molecule has 0 bridgehead atoms. The Morgan fingerprint density at radius 1 is 1.50 bits per heavy atom. The van der Waals surface area contributed by atoms with E-state index in [0.29, 0.717) is 0 Å². The van der Waals surface area contributed by atoms with Gasteiger partial charge in [0.15, 0.2) is 0 Å². The molecule has 94 valence electrons. The third-order valence-corrected chi connectivity index (χ3v) is 3.31. The Morgan fingerprint density at radius 2 is 2.12 bits per heavy atom. The largest absolute Gasteiger partial charge is 0.468 e. The number of hydrogen-bond acceptors (Lipinski definition) is 4. The molecule has 1 saturated heterocycles. The third kappa shape index (κ3) is 4.49. The van der Waals surface area contributed by atoms with E-state index in [-0.39, 0.29) is 12.0 Å². The molecule has 0 aromatic heterocycles. The highest BCUT2D eigenvalue weighted by atomic mass is 16.5. The molecule has 1 unspecified atom stereocenters. The number of esters is 1. The zero-order chi connectivity index (χ0) is 12.0. The van der Waals surface area contributed by atoms with Gasteiger partial charge in [-0.2, -0.15) is 0 Å². The number of nitrogens with zero attached hydrogens (tertiary/aromatic N) is 1. The second-order valence-electron chi connectivity index (χ2n) is 4.72. The molecule has 1 atom stereocenters. The number of methoxy groups -OCH3 is 1. The summed E-state index contributed by atoms with van der Waals surface area (Å²) in [6.07, 6.45) is 2.60. The number of likely N-dealkylation sites (tertiary alicyclic amines) is 1. The summed E-state index contributed by atoms with van der Waals surface area (Å²) in [6.45, 7) is 8.41. The van der Waals surface area contributed by atoms with Gasteiger partial charge in [0.05, 0.1) is 7.11 Å². The molecule has 1 aliphatic heterocycles. The van der Waals surface area contributed by atoms with Crippen LogP contribution in [-0.4, -0.2) is 50.2 Å². The van der Waals surface area contributed by atoms with Crippen molar-refractivity contribution in [3.8, 4) is 0 Å². The van der Waals surface area contributed by atoms with Gasteiger partial charge in [-0.15, -0.1) is 0 Å². The van der Waals surface area contributed by atoms with E-state index >= 15 is 0 Å². The maximum Gasteiger partial charge on any atom is 0.322 e. The Balaban J connectivity index is 2.09. The number of ether oxygens (including phenoxy) is 1. The van der Waals surface area contributed by atoms with E-state index in [1.165, 1.54) is 33.0 Å². The van der Waals surface area contributed by atoms with Crippen LogP contribution >= 0.6 is 0 Å². The molecule has 1 N–H and O–H groups in total. The highest BCUT2D eigenvalue weighted by Gasteiger charge is 2.16. The van der Waals surface area contributed by atoms with Crippen LogP contribution in [0.3, 0.4) is 0 Å². The first-order valence-electron chi connectivity index (χ1n) is 6.17. The van der Waals surface area contributed by atoms with Crippen LogP contribution in [0.1, 0.15) is 26.7 Å². The van der Waals surface area contributed by atoms with Gasteiger partial charge >= 0.3 is 5.97 Å². The first-order chi connectivity index (χ1) is 7.63. The van der Waals surface area contributed by atoms with Crippen LogP contribution in [0.5, 0.6) is 0 Å². The van der Waals surface area contributed by atoms with Crippen LogP contribution in [0, 0.1) is 5.92 Å². The van der Waals surface area contributed by atoms with Crippen LogP contribution in [0.25, 0.3) is 0 Å². The number of piperidine rings is 1. The Labute approximate surface area is 98.3 Å². The highest BCUT2D eigenvalue weighted by Crippen LogP contribution is 2.15. The fourth-order valence-corrected chi connectivity index (χ4v) is 1.98. The quantitative estimate of drug-likeness (QED) is 0.709. The fraction of sp³-hybridized carbons (Fsp3) is 0.917. The third-order valence-electron chi connectivity index (χ3n) is 3.31. The molecule has 16 heavy (non-hydrogen) atoms. The Morgan fingerprint density at radius 3 is 2.69 bits per heavy atom. The molecule has 0 aromatic carbocycles. The Bertz CT molecular complexity index is 213. The molecule has 0 saturated carbocycles. The van der Waals surface area contributed by atoms with Crippen molar-refractivity contribution in [1.29, 1.82) is 0 Å². The average molecular weight is 228 g/mol. The van der Waals surface area contributed by atoms with Gasteiger partial charge in [-0.05, 0) is 38.8 Å². The van der Waals surface area contributed by atoms with Crippen LogP contribution in [0.2, 0.25) is 0 Å². The van der Waals surface area contributed by atoms with Crippen molar-refractivity contribution in [3.05, 3.63) is 0 Å². The molecule has 0 spiro atoms. The van der Waals surface area contributed by atoms with Gasteiger partial charge in [0, 0.05) is 13.1 Å². The zero-order valence-corrected chi connectivity index (χ0v) is 10.7. The van der Waals surface area contributed by atoms with Crippen LogP contribution in [0.15, 0.2) is 0 Å². The number of rotatable bonds is 5. The Kier molecular flexibility index (Phi) is 5.77. The van der Waals surface area contributed by atoms with E-state index in [9.17, 15) is 4.79 Å². The molecule has 4 nitrogen and oxygen atoms in total. The first kappa shape index (κ1) is 13.5. The zero-order valence-electron chi connectivity index (χ0n) is 10.7. The number of carbonyl (C=O) groups excluding carboxylic acids is 1. The maximum atomic E-state index is 11.1. The van der Waals surface area contributed by atoms with Crippen LogP contribution in [-0.2, 0) is 9.53 Å². The minimum absolute atomic E-state index is 0.188. The molecule has 1 aliphatic rings. The van der Waals surface area contributed by atoms with E-state index in [2.05, 4.69) is 21.9 Å². The molecule has 1 rings (SSSR count). The average Bonchev–Trinajstić information content (AvgIpc) is 2.30. The highest BCUT2D eigenvalue weighted by molar-refractivity contribution is 5.75. The van der Waals surface area contributed by atoms with E-state index in [1.807, 2.05) is 6.92 Å². The normalized spacial score (nSPS) is 20.7. The minimum atomic E-state index is -0.200. The van der Waals surface area contributed by atoms with Crippen molar-refractivity contribution in [2.45, 2.75) is 32.7 Å². The second kappa shape index (κ2) is 6.86. The van der Waals surface area contributed by atoms with Gasteiger partial charge < -0.3 is 15.0 Å². The van der Waals surface area contributed by atoms with Crippen molar-refractivity contribution < 1.29 is 9.53 Å². The molecule has 1 heterocycles. The SMILES string of the molecule is COC(=O)C(C)NCCN1CCC(C)CC1. The summed E-state index contributed by atoms with van der Waals surface area (Å²) in [5.41, 5.74) is 0. The topological polar surface area (TPSA) is 41.6 Å². The van der Waals surface area contributed by atoms with Gasteiger partial charge in [-0.25, -0.2) is 0 Å². The lowest BCUT2D eigenvalue weighted by atomic mass is 9.99. The first-order valence-corrected chi connectivity index (χ1v) is 6.17. The minimum Gasteiger partial charge on any atom is -0.468 e. The number of nitrogens with one attached hydrogen (secondary N) is 1. The smallest absolute Gasteiger partial charge is 0.322 e. The molecular weight excluding hydrogens is 204 g/mol. The predicted octanol–water partition coefficient (Wildman–Crippen LogP) is 0.869. The molecular formula is C12H24N2O2. The molecule has 0 aromatic rings. The van der Waals surface area contributed by atoms with E-state index in [0.717, 1.165) is 19.0 Å². The van der Waals surface area contributed by atoms with Gasteiger partial charge in [0.25, 0.3) is 0 Å². The molecule has 0 radical (unpaired) electrons. The van der Waals surface area contributed by atoms with E-state index in [1.54, 1.807) is 0 Å². The molecule has 1 fully saturated rings. The van der Waals surface area contributed by atoms with Gasteiger partial charge in [-0.1, -0.05) is 6.92 Å². The maximum absolute atomic E-state index is 11.1. The van der Waals surface area contributed by atoms with Gasteiger partial charge in [-0.3, -0.25) is 4.79 Å². The summed E-state index contributed by atoms with van der Waals surface area (Å²) in [5.74, 6) is 0.686. The predicted molar refractivity (Wildman–Crippen MR) is 64.3 cm³/mol. The fourth-order valence-electron chi connectivity index (χ4n) is 1.98. The lowest BCUT2D eigenvalue weighted by Crippen LogP contribution is -2.42. The lowest BCUT2D eigenvalue weighted by molar-refractivity contribution is -0.142. The number of carbonyl (C=O) groups is 1. The van der Waals surface area contributed by atoms with Gasteiger partial charge in [0.1, 0.15) is 6.04 Å². The van der Waals surface area contributed by atoms with Crippen LogP contribution < -0.4 is 5.32 Å². The molecule has 0 aliphatic carbocycles. The van der Waals surface area contributed by atoms with Crippen molar-refractivity contribution >= 4 is 5.97 Å². The standard InChI is InChI=1S/C12H24N2O2/c1-10-4-7-14(8-5-10)9-6-13-11(2)12(15)16-3/h10-11,13H,4-9H2,1-3H3. The van der Waals surface area contributed by atoms with E-state index in [4.69, 9.17) is 0 Å². The van der Waals surface area contributed by atoms with E-state index < -0.39 is 0 Å². The summed E-state index contributed by atoms with van der Waals surface area (Å²) < 4.78 is 4.65. The van der Waals surface area contributed by atoms with Crippen molar-refractivity contribution in [2.75, 3.05) is 33.3 Å². The second-order valence-corrected chi connectivity index (χ2v) is 4.72. The van der Waals surface area contributed by atoms with Crippen molar-refractivity contribution in [1.82, 2.24) is 10.2 Å². The Hall–Kier alpha value is -0.610. The van der Waals surface area contributed by atoms with Crippen LogP contribution in [0.4, 0.5) is 0 Å². The van der Waals surface area contributed by atoms with Crippen molar-refractivity contribution in [3.63, 3.8) is 0 Å². The summed E-state index contributed by atoms with van der Waals surface area (Å²) in [5, 5.41) is 3.18. The monoisotopic (exact) mass is 228 g/mol. The van der Waals surface area contributed by atoms with Gasteiger partial charge in [0.2, 0.25) is 0 Å². The number of hydrogen-bond donors (Lipinski definition) is 1. The summed E-state index contributed by atoms with van der Waals surface area (Å²) in [4.78, 5) is 13.6. The summed E-state index contributed by atoms with van der Waals surface area (Å²) in [6, 6.07) is -0.200. The summed E-state index contributed by atoms with van der Waals surface area (Å²) >= 11 is 0.